The maximum atomic E-state index is 12.0. The minimum absolute atomic E-state index is 0.0194. The lowest BCUT2D eigenvalue weighted by Gasteiger charge is -2.12. The zero-order valence-corrected chi connectivity index (χ0v) is 12.4. The molecule has 1 rings (SSSR count). The molecule has 0 spiro atoms. The number of hydrogen-bond donors (Lipinski definition) is 3. The molecular weight excluding hydrogens is 296 g/mol. The molecule has 0 bridgehead atoms. The highest BCUT2D eigenvalue weighted by molar-refractivity contribution is 7.89. The molecule has 0 aliphatic carbocycles. The Balaban J connectivity index is 2.79. The van der Waals surface area contributed by atoms with E-state index in [4.69, 9.17) is 9.94 Å². The molecule has 8 heteroatoms. The van der Waals surface area contributed by atoms with E-state index in [9.17, 15) is 13.2 Å². The number of rotatable bonds is 6. The van der Waals surface area contributed by atoms with E-state index in [1.807, 2.05) is 0 Å². The minimum atomic E-state index is -3.86. The van der Waals surface area contributed by atoms with E-state index in [1.165, 1.54) is 36.7 Å². The number of amides is 1. The van der Waals surface area contributed by atoms with Crippen molar-refractivity contribution in [3.05, 3.63) is 24.3 Å². The van der Waals surface area contributed by atoms with Crippen LogP contribution in [-0.2, 0) is 14.8 Å². The Hall–Kier alpha value is -2.08. The first kappa shape index (κ1) is 17.0. The van der Waals surface area contributed by atoms with Gasteiger partial charge in [0.1, 0.15) is 18.4 Å². The van der Waals surface area contributed by atoms with E-state index >= 15 is 0 Å². The maximum absolute atomic E-state index is 12.0. The smallest absolute Gasteiger partial charge is 0.261 e. The van der Waals surface area contributed by atoms with E-state index in [-0.39, 0.29) is 11.5 Å². The van der Waals surface area contributed by atoms with Gasteiger partial charge in [0.15, 0.2) is 0 Å². The lowest BCUT2D eigenvalue weighted by atomic mass is 10.3. The molecule has 0 saturated carbocycles. The highest BCUT2D eigenvalue weighted by Crippen LogP contribution is 2.16. The number of hydroxylamine groups is 1. The second-order valence-electron chi connectivity index (χ2n) is 4.01. The number of carbonyl (C=O) groups is 1. The monoisotopic (exact) mass is 312 g/mol. The third-order valence-corrected chi connectivity index (χ3v) is 4.01. The van der Waals surface area contributed by atoms with Crippen LogP contribution in [0.3, 0.4) is 0 Å². The summed E-state index contributed by atoms with van der Waals surface area (Å²) in [5, 5.41) is 8.45. The van der Waals surface area contributed by atoms with E-state index < -0.39 is 22.0 Å². The van der Waals surface area contributed by atoms with Gasteiger partial charge in [0.25, 0.3) is 5.91 Å². The molecule has 0 heterocycles. The van der Waals surface area contributed by atoms with Gasteiger partial charge in [-0.2, -0.15) is 4.72 Å². The van der Waals surface area contributed by atoms with Gasteiger partial charge >= 0.3 is 0 Å². The van der Waals surface area contributed by atoms with Gasteiger partial charge in [-0.05, 0) is 38.1 Å². The molecule has 0 aromatic heterocycles. The molecular formula is C13H16N2O5S. The number of hydrogen-bond acceptors (Lipinski definition) is 5. The molecule has 1 aromatic rings. The maximum Gasteiger partial charge on any atom is 0.261 e. The van der Waals surface area contributed by atoms with Crippen molar-refractivity contribution in [2.45, 2.75) is 24.8 Å². The molecule has 0 unspecified atom stereocenters. The predicted octanol–water partition coefficient (Wildman–Crippen LogP) is 0.261. The summed E-state index contributed by atoms with van der Waals surface area (Å²) < 4.78 is 31.4. The Morgan fingerprint density at radius 2 is 2.00 bits per heavy atom. The van der Waals surface area contributed by atoms with Gasteiger partial charge in [0.2, 0.25) is 10.0 Å². The summed E-state index contributed by atoms with van der Waals surface area (Å²) in [7, 11) is -3.86. The molecule has 0 radical (unpaired) electrons. The fourth-order valence-electron chi connectivity index (χ4n) is 1.36. The largest absolute Gasteiger partial charge is 0.481 e. The SMILES string of the molecule is CC#CCOc1ccc(S(=O)(=O)N[C@@H](C)C(=O)NO)cc1. The molecule has 0 aliphatic rings. The third-order valence-electron chi connectivity index (χ3n) is 2.46. The van der Waals surface area contributed by atoms with Crippen molar-refractivity contribution in [3.8, 4) is 17.6 Å². The normalized spacial score (nSPS) is 12.0. The molecule has 0 saturated heterocycles. The first-order valence-electron chi connectivity index (χ1n) is 5.99. The van der Waals surface area contributed by atoms with Crippen LogP contribution in [0.2, 0.25) is 0 Å². The third kappa shape index (κ3) is 5.07. The summed E-state index contributed by atoms with van der Waals surface area (Å²) in [4.78, 5) is 11.1. The van der Waals surface area contributed by atoms with Gasteiger partial charge in [0, 0.05) is 0 Å². The van der Waals surface area contributed by atoms with Crippen molar-refractivity contribution in [2.75, 3.05) is 6.61 Å². The average Bonchev–Trinajstić information content (AvgIpc) is 2.46. The summed E-state index contributed by atoms with van der Waals surface area (Å²) in [6, 6.07) is 4.57. The molecule has 1 atom stereocenters. The predicted molar refractivity (Wildman–Crippen MR) is 75.1 cm³/mol. The Morgan fingerprint density at radius 1 is 1.38 bits per heavy atom. The molecule has 21 heavy (non-hydrogen) atoms. The average molecular weight is 312 g/mol. The van der Waals surface area contributed by atoms with Crippen LogP contribution in [0.4, 0.5) is 0 Å². The van der Waals surface area contributed by atoms with E-state index in [0.29, 0.717) is 5.75 Å². The standard InChI is InChI=1S/C13H16N2O5S/c1-3-4-9-20-11-5-7-12(8-6-11)21(18,19)15-10(2)13(16)14-17/h5-8,10,15,17H,9H2,1-2H3,(H,14,16)/t10-/m0/s1. The highest BCUT2D eigenvalue weighted by Gasteiger charge is 2.21. The summed E-state index contributed by atoms with van der Waals surface area (Å²) in [6.07, 6.45) is 0. The van der Waals surface area contributed by atoms with Crippen LogP contribution in [0, 0.1) is 11.8 Å². The van der Waals surface area contributed by atoms with Gasteiger partial charge in [-0.25, -0.2) is 13.9 Å². The number of carbonyl (C=O) groups excluding carboxylic acids is 1. The molecule has 0 fully saturated rings. The molecule has 7 nitrogen and oxygen atoms in total. The van der Waals surface area contributed by atoms with Crippen LogP contribution in [0.5, 0.6) is 5.75 Å². The van der Waals surface area contributed by atoms with Crippen LogP contribution in [0.15, 0.2) is 29.2 Å². The van der Waals surface area contributed by atoms with Gasteiger partial charge < -0.3 is 4.74 Å². The summed E-state index contributed by atoms with van der Waals surface area (Å²) >= 11 is 0. The van der Waals surface area contributed by atoms with Gasteiger partial charge in [-0.3, -0.25) is 10.0 Å². The van der Waals surface area contributed by atoms with Crippen molar-refractivity contribution in [3.63, 3.8) is 0 Å². The number of nitrogens with one attached hydrogen (secondary N) is 2. The van der Waals surface area contributed by atoms with Crippen LogP contribution in [-0.4, -0.2) is 32.2 Å². The summed E-state index contributed by atoms with van der Waals surface area (Å²) in [5.41, 5.74) is 1.38. The van der Waals surface area contributed by atoms with Crippen LogP contribution in [0.1, 0.15) is 13.8 Å². The fourth-order valence-corrected chi connectivity index (χ4v) is 2.56. The Morgan fingerprint density at radius 3 is 2.52 bits per heavy atom. The fraction of sp³-hybridized carbons (Fsp3) is 0.308. The quantitative estimate of drug-likeness (QED) is 0.397. The molecule has 114 valence electrons. The molecule has 3 N–H and O–H groups in total. The van der Waals surface area contributed by atoms with Crippen molar-refractivity contribution in [2.24, 2.45) is 0 Å². The zero-order valence-electron chi connectivity index (χ0n) is 11.6. The zero-order chi connectivity index (χ0) is 15.9. The first-order chi connectivity index (χ1) is 9.90. The lowest BCUT2D eigenvalue weighted by Crippen LogP contribution is -2.43. The van der Waals surface area contributed by atoms with E-state index in [2.05, 4.69) is 16.6 Å². The Labute approximate surface area is 123 Å². The van der Waals surface area contributed by atoms with Gasteiger partial charge in [-0.15, -0.1) is 5.92 Å². The molecule has 1 amide bonds. The van der Waals surface area contributed by atoms with Crippen LogP contribution >= 0.6 is 0 Å². The van der Waals surface area contributed by atoms with Crippen molar-refractivity contribution >= 4 is 15.9 Å². The summed E-state index contributed by atoms with van der Waals surface area (Å²) in [6.45, 7) is 3.22. The minimum Gasteiger partial charge on any atom is -0.481 e. The molecule has 0 aliphatic heterocycles. The lowest BCUT2D eigenvalue weighted by molar-refractivity contribution is -0.130. The second-order valence-corrected chi connectivity index (χ2v) is 5.72. The summed E-state index contributed by atoms with van der Waals surface area (Å²) in [5.74, 6) is 5.02. The van der Waals surface area contributed by atoms with Crippen LogP contribution < -0.4 is 14.9 Å². The van der Waals surface area contributed by atoms with E-state index in [1.54, 1.807) is 6.92 Å². The topological polar surface area (TPSA) is 105 Å². The highest BCUT2D eigenvalue weighted by atomic mass is 32.2. The molecule has 1 aromatic carbocycles. The Bertz CT molecular complexity index is 643. The first-order valence-corrected chi connectivity index (χ1v) is 7.47. The van der Waals surface area contributed by atoms with Crippen LogP contribution in [0.25, 0.3) is 0 Å². The van der Waals surface area contributed by atoms with Gasteiger partial charge in [0.05, 0.1) is 4.90 Å². The van der Waals surface area contributed by atoms with Gasteiger partial charge in [-0.1, -0.05) is 5.92 Å². The number of benzene rings is 1. The van der Waals surface area contributed by atoms with Crippen molar-refractivity contribution < 1.29 is 23.2 Å². The van der Waals surface area contributed by atoms with E-state index in [0.717, 1.165) is 0 Å². The Kier molecular flexibility index (Phi) is 6.17. The van der Waals surface area contributed by atoms with Crippen molar-refractivity contribution in [1.29, 1.82) is 0 Å². The second kappa shape index (κ2) is 7.64. The van der Waals surface area contributed by atoms with Crippen molar-refractivity contribution in [1.82, 2.24) is 10.2 Å². The number of sulfonamides is 1. The number of ether oxygens (including phenoxy) is 1.